The predicted molar refractivity (Wildman–Crippen MR) is 64.3 cm³/mol. The number of likely N-dealkylation sites (N-methyl/N-ethyl adjacent to an activating group) is 1. The fourth-order valence-corrected chi connectivity index (χ4v) is 2.05. The molecule has 2 rings (SSSR count). The van der Waals surface area contributed by atoms with Gasteiger partial charge in [-0.3, -0.25) is 9.59 Å². The average Bonchev–Trinajstić information content (AvgIpc) is 2.71. The van der Waals surface area contributed by atoms with Crippen molar-refractivity contribution >= 4 is 12.2 Å². The Morgan fingerprint density at radius 3 is 2.53 bits per heavy atom. The number of nitrogens with zero attached hydrogens (tertiary/aromatic N) is 2. The third kappa shape index (κ3) is 2.39. The number of carbonyl (C=O) groups excluding carboxylic acids is 2. The summed E-state index contributed by atoms with van der Waals surface area (Å²) in [5.41, 5.74) is 1.83. The van der Waals surface area contributed by atoms with Crippen molar-refractivity contribution in [2.45, 2.75) is 6.92 Å². The highest BCUT2D eigenvalue weighted by molar-refractivity contribution is 5.97. The predicted octanol–water partition coefficient (Wildman–Crippen LogP) is 0.523. The molecule has 0 aliphatic carbocycles. The number of rotatable bonds is 2. The monoisotopic (exact) mass is 235 g/mol. The number of aromatic nitrogens is 1. The fourth-order valence-electron chi connectivity index (χ4n) is 2.05. The van der Waals surface area contributed by atoms with Gasteiger partial charge < -0.3 is 14.8 Å². The minimum atomic E-state index is 0.0138. The third-order valence-electron chi connectivity index (χ3n) is 3.18. The zero-order chi connectivity index (χ0) is 12.4. The molecule has 0 bridgehead atoms. The van der Waals surface area contributed by atoms with E-state index in [1.54, 1.807) is 6.07 Å². The second-order valence-corrected chi connectivity index (χ2v) is 4.48. The summed E-state index contributed by atoms with van der Waals surface area (Å²) in [5, 5.41) is 0. The molecule has 0 spiro atoms. The number of hydrogen-bond acceptors (Lipinski definition) is 3. The van der Waals surface area contributed by atoms with E-state index < -0.39 is 0 Å². The third-order valence-corrected chi connectivity index (χ3v) is 3.18. The molecule has 1 amide bonds. The number of piperazine rings is 1. The van der Waals surface area contributed by atoms with Crippen LogP contribution in [0.25, 0.3) is 0 Å². The molecule has 17 heavy (non-hydrogen) atoms. The van der Waals surface area contributed by atoms with Crippen LogP contribution in [0, 0.1) is 6.92 Å². The summed E-state index contributed by atoms with van der Waals surface area (Å²) in [5.74, 6) is 0.0138. The lowest BCUT2D eigenvalue weighted by Gasteiger charge is -2.32. The highest BCUT2D eigenvalue weighted by Crippen LogP contribution is 2.13. The van der Waals surface area contributed by atoms with E-state index in [1.807, 2.05) is 18.9 Å². The van der Waals surface area contributed by atoms with Crippen molar-refractivity contribution in [1.82, 2.24) is 14.8 Å². The molecule has 1 aromatic rings. The van der Waals surface area contributed by atoms with E-state index >= 15 is 0 Å². The Morgan fingerprint density at radius 1 is 1.35 bits per heavy atom. The fraction of sp³-hybridized carbons (Fsp3) is 0.500. The Kier molecular flexibility index (Phi) is 3.28. The maximum Gasteiger partial charge on any atom is 0.255 e. The summed E-state index contributed by atoms with van der Waals surface area (Å²) < 4.78 is 0. The Balaban J connectivity index is 2.13. The zero-order valence-corrected chi connectivity index (χ0v) is 10.2. The van der Waals surface area contributed by atoms with Gasteiger partial charge in [-0.25, -0.2) is 0 Å². The first-order valence-corrected chi connectivity index (χ1v) is 5.74. The molecular formula is C12H17N3O2. The standard InChI is InChI=1S/C12H17N3O2/c1-9-11(7-10(8-16)13-9)12(17)15-5-3-14(2)4-6-15/h7-8,13H,3-6H2,1-2H3. The van der Waals surface area contributed by atoms with E-state index in [0.29, 0.717) is 11.3 Å². The van der Waals surface area contributed by atoms with Crippen LogP contribution >= 0.6 is 0 Å². The molecule has 5 nitrogen and oxygen atoms in total. The number of carbonyl (C=O) groups is 2. The molecule has 0 radical (unpaired) electrons. The highest BCUT2D eigenvalue weighted by atomic mass is 16.2. The van der Waals surface area contributed by atoms with Crippen LogP contribution in [0.5, 0.6) is 0 Å². The van der Waals surface area contributed by atoms with Gasteiger partial charge in [0, 0.05) is 31.9 Å². The topological polar surface area (TPSA) is 56.4 Å². The van der Waals surface area contributed by atoms with Crippen LogP contribution in [0.2, 0.25) is 0 Å². The summed E-state index contributed by atoms with van der Waals surface area (Å²) >= 11 is 0. The second-order valence-electron chi connectivity index (χ2n) is 4.48. The summed E-state index contributed by atoms with van der Waals surface area (Å²) in [4.78, 5) is 29.8. The maximum absolute atomic E-state index is 12.2. The van der Waals surface area contributed by atoms with Gasteiger partial charge in [0.05, 0.1) is 11.3 Å². The maximum atomic E-state index is 12.2. The Bertz CT molecular complexity index is 431. The number of aldehydes is 1. The normalized spacial score (nSPS) is 17.2. The van der Waals surface area contributed by atoms with Gasteiger partial charge in [0.2, 0.25) is 0 Å². The van der Waals surface area contributed by atoms with Crippen molar-refractivity contribution in [1.29, 1.82) is 0 Å². The number of H-pyrrole nitrogens is 1. The molecule has 0 unspecified atom stereocenters. The SMILES string of the molecule is Cc1[nH]c(C=O)cc1C(=O)N1CCN(C)CC1. The molecule has 1 N–H and O–H groups in total. The van der Waals surface area contributed by atoms with Crippen LogP contribution in [0.15, 0.2) is 6.07 Å². The van der Waals surface area contributed by atoms with Crippen molar-refractivity contribution in [3.8, 4) is 0 Å². The number of nitrogens with one attached hydrogen (secondary N) is 1. The zero-order valence-electron chi connectivity index (χ0n) is 10.2. The molecular weight excluding hydrogens is 218 g/mol. The van der Waals surface area contributed by atoms with E-state index in [0.717, 1.165) is 38.2 Å². The van der Waals surface area contributed by atoms with Crippen LogP contribution in [0.4, 0.5) is 0 Å². The average molecular weight is 235 g/mol. The number of amides is 1. The first-order valence-electron chi connectivity index (χ1n) is 5.74. The van der Waals surface area contributed by atoms with Gasteiger partial charge in [0.1, 0.15) is 0 Å². The largest absolute Gasteiger partial charge is 0.356 e. The van der Waals surface area contributed by atoms with E-state index in [1.165, 1.54) is 0 Å². The minimum absolute atomic E-state index is 0.0138. The molecule has 5 heteroatoms. The van der Waals surface area contributed by atoms with Gasteiger partial charge in [-0.1, -0.05) is 0 Å². The molecule has 2 heterocycles. The van der Waals surface area contributed by atoms with Gasteiger partial charge in [-0.2, -0.15) is 0 Å². The van der Waals surface area contributed by atoms with E-state index in [2.05, 4.69) is 9.88 Å². The summed E-state index contributed by atoms with van der Waals surface area (Å²) in [7, 11) is 2.05. The molecule has 1 aliphatic heterocycles. The van der Waals surface area contributed by atoms with Crippen molar-refractivity contribution in [3.05, 3.63) is 23.0 Å². The number of hydrogen-bond donors (Lipinski definition) is 1. The Labute approximate surface area is 100 Å². The smallest absolute Gasteiger partial charge is 0.255 e. The van der Waals surface area contributed by atoms with Crippen LogP contribution < -0.4 is 0 Å². The van der Waals surface area contributed by atoms with Crippen molar-refractivity contribution in [2.75, 3.05) is 33.2 Å². The van der Waals surface area contributed by atoms with Gasteiger partial charge >= 0.3 is 0 Å². The van der Waals surface area contributed by atoms with Crippen LogP contribution in [-0.2, 0) is 0 Å². The van der Waals surface area contributed by atoms with Crippen LogP contribution in [0.1, 0.15) is 26.5 Å². The summed E-state index contributed by atoms with van der Waals surface area (Å²) in [6.45, 7) is 5.11. The van der Waals surface area contributed by atoms with Gasteiger partial charge in [-0.05, 0) is 20.0 Å². The lowest BCUT2D eigenvalue weighted by molar-refractivity contribution is 0.0663. The van der Waals surface area contributed by atoms with Crippen LogP contribution in [0.3, 0.4) is 0 Å². The van der Waals surface area contributed by atoms with Gasteiger partial charge in [-0.15, -0.1) is 0 Å². The first-order chi connectivity index (χ1) is 8.11. The second kappa shape index (κ2) is 4.71. The molecule has 1 fully saturated rings. The minimum Gasteiger partial charge on any atom is -0.356 e. The van der Waals surface area contributed by atoms with Crippen molar-refractivity contribution in [3.63, 3.8) is 0 Å². The molecule has 1 aromatic heterocycles. The van der Waals surface area contributed by atoms with Gasteiger partial charge in [0.25, 0.3) is 5.91 Å². The lowest BCUT2D eigenvalue weighted by atomic mass is 10.2. The molecule has 92 valence electrons. The van der Waals surface area contributed by atoms with Gasteiger partial charge in [0.15, 0.2) is 6.29 Å². The highest BCUT2D eigenvalue weighted by Gasteiger charge is 2.22. The number of aryl methyl sites for hydroxylation is 1. The first kappa shape index (κ1) is 11.9. The van der Waals surface area contributed by atoms with E-state index in [-0.39, 0.29) is 5.91 Å². The van der Waals surface area contributed by atoms with Crippen molar-refractivity contribution in [2.24, 2.45) is 0 Å². The van der Waals surface area contributed by atoms with Crippen LogP contribution in [-0.4, -0.2) is 60.2 Å². The molecule has 0 saturated carbocycles. The number of aromatic amines is 1. The molecule has 1 saturated heterocycles. The summed E-state index contributed by atoms with van der Waals surface area (Å²) in [6, 6.07) is 1.63. The van der Waals surface area contributed by atoms with E-state index in [9.17, 15) is 9.59 Å². The van der Waals surface area contributed by atoms with Crippen molar-refractivity contribution < 1.29 is 9.59 Å². The van der Waals surface area contributed by atoms with E-state index in [4.69, 9.17) is 0 Å². The molecule has 0 atom stereocenters. The molecule has 1 aliphatic rings. The lowest BCUT2D eigenvalue weighted by Crippen LogP contribution is -2.47. The Hall–Kier alpha value is -1.62. The quantitative estimate of drug-likeness (QED) is 0.760. The molecule has 0 aromatic carbocycles. The summed E-state index contributed by atoms with van der Waals surface area (Å²) in [6.07, 6.45) is 0.730. The Morgan fingerprint density at radius 2 is 2.00 bits per heavy atom.